The normalized spacial score (nSPS) is 10.9. The molecule has 0 fully saturated rings. The summed E-state index contributed by atoms with van der Waals surface area (Å²) in [5.74, 6) is -1.43. The van der Waals surface area contributed by atoms with E-state index >= 15 is 0 Å². The molecule has 7 nitrogen and oxygen atoms in total. The molecule has 1 aromatic carbocycles. The Hall–Kier alpha value is -3.01. The highest BCUT2D eigenvalue weighted by Crippen LogP contribution is 2.24. The minimum Gasteiger partial charge on any atom is -0.487 e. The molecule has 0 bridgehead atoms. The number of hydrogen-bond acceptors (Lipinski definition) is 5. The Morgan fingerprint density at radius 1 is 1.32 bits per heavy atom. The van der Waals surface area contributed by atoms with E-state index in [0.717, 1.165) is 18.6 Å². The Kier molecular flexibility index (Phi) is 11.2. The zero-order chi connectivity index (χ0) is 23.4. The van der Waals surface area contributed by atoms with Gasteiger partial charge in [-0.25, -0.2) is 8.78 Å². The summed E-state index contributed by atoms with van der Waals surface area (Å²) in [5.41, 5.74) is 10.7. The predicted octanol–water partition coefficient (Wildman–Crippen LogP) is 3.20. The van der Waals surface area contributed by atoms with E-state index in [2.05, 4.69) is 20.9 Å². The molecule has 0 radical (unpaired) electrons. The van der Waals surface area contributed by atoms with Crippen molar-refractivity contribution in [2.75, 3.05) is 6.54 Å². The van der Waals surface area contributed by atoms with Crippen molar-refractivity contribution >= 4 is 28.1 Å². The molecule has 2 aromatic rings. The monoisotopic (exact) mass is 498 g/mol. The molecule has 0 aliphatic carbocycles. The van der Waals surface area contributed by atoms with Gasteiger partial charge in [-0.05, 0) is 59.9 Å². The third-order valence-electron chi connectivity index (χ3n) is 3.80. The fourth-order valence-electron chi connectivity index (χ4n) is 2.29. The van der Waals surface area contributed by atoms with Crippen molar-refractivity contribution in [1.82, 2.24) is 4.57 Å². The Morgan fingerprint density at radius 2 is 2.03 bits per heavy atom. The van der Waals surface area contributed by atoms with E-state index in [1.54, 1.807) is 25.3 Å². The van der Waals surface area contributed by atoms with Gasteiger partial charge < -0.3 is 20.8 Å². The van der Waals surface area contributed by atoms with Crippen LogP contribution in [0, 0.1) is 18.6 Å². The number of rotatable bonds is 8. The van der Waals surface area contributed by atoms with E-state index in [1.807, 2.05) is 6.92 Å². The Balaban J connectivity index is 0.000000512. The second-order valence-electron chi connectivity index (χ2n) is 6.23. The van der Waals surface area contributed by atoms with Crippen molar-refractivity contribution in [3.63, 3.8) is 0 Å². The van der Waals surface area contributed by atoms with Gasteiger partial charge in [-0.15, -0.1) is 0 Å². The van der Waals surface area contributed by atoms with Crippen LogP contribution in [0.5, 0.6) is 5.75 Å². The molecule has 0 spiro atoms. The van der Waals surface area contributed by atoms with Gasteiger partial charge in [-0.3, -0.25) is 14.6 Å². The number of carbonyl (C=O) groups is 1. The number of halogens is 3. The highest BCUT2D eigenvalue weighted by molar-refractivity contribution is 9.10. The van der Waals surface area contributed by atoms with Crippen LogP contribution >= 0.6 is 15.9 Å². The van der Waals surface area contributed by atoms with E-state index in [-0.39, 0.29) is 34.7 Å². The summed E-state index contributed by atoms with van der Waals surface area (Å²) >= 11 is 3.19. The maximum atomic E-state index is 13.6. The van der Waals surface area contributed by atoms with Gasteiger partial charge in [0.2, 0.25) is 5.91 Å². The number of aromatic nitrogens is 1. The summed E-state index contributed by atoms with van der Waals surface area (Å²) in [6, 6.07) is 4.91. The Bertz CT molecular complexity index is 1010. The molecular formula is C21H25BrF2N4O3. The van der Waals surface area contributed by atoms with Gasteiger partial charge in [0.15, 0.2) is 0 Å². The lowest BCUT2D eigenvalue weighted by atomic mass is 10.2. The number of primary amides is 1. The van der Waals surface area contributed by atoms with Gasteiger partial charge in [-0.2, -0.15) is 0 Å². The lowest BCUT2D eigenvalue weighted by Gasteiger charge is -2.13. The molecule has 0 aliphatic heterocycles. The largest absolute Gasteiger partial charge is 0.487 e. The molecule has 10 heteroatoms. The van der Waals surface area contributed by atoms with Crippen molar-refractivity contribution in [3.8, 4) is 5.75 Å². The topological polar surface area (TPSA) is 113 Å². The quantitative estimate of drug-likeness (QED) is 0.544. The molecule has 0 atom stereocenters. The van der Waals surface area contributed by atoms with Crippen LogP contribution in [0.1, 0.15) is 24.6 Å². The first-order valence-corrected chi connectivity index (χ1v) is 10.1. The van der Waals surface area contributed by atoms with Crippen molar-refractivity contribution in [2.45, 2.75) is 33.4 Å². The van der Waals surface area contributed by atoms with Crippen LogP contribution in [-0.4, -0.2) is 23.2 Å². The highest BCUT2D eigenvalue weighted by Gasteiger charge is 2.12. The molecule has 0 saturated heterocycles. The molecular weight excluding hydrogens is 474 g/mol. The number of benzene rings is 1. The molecule has 0 aliphatic rings. The summed E-state index contributed by atoms with van der Waals surface area (Å²) in [7, 11) is 0. The summed E-state index contributed by atoms with van der Waals surface area (Å²) in [4.78, 5) is 25.9. The molecule has 0 unspecified atom stereocenters. The summed E-state index contributed by atoms with van der Waals surface area (Å²) < 4.78 is 33.7. The molecule has 1 heterocycles. The molecule has 4 N–H and O–H groups in total. The average Bonchev–Trinajstić information content (AvgIpc) is 2.71. The van der Waals surface area contributed by atoms with Crippen molar-refractivity contribution in [3.05, 3.63) is 74.3 Å². The third-order valence-corrected chi connectivity index (χ3v) is 4.53. The van der Waals surface area contributed by atoms with Crippen LogP contribution in [0.15, 0.2) is 50.8 Å². The lowest BCUT2D eigenvalue weighted by Crippen LogP contribution is -2.23. The van der Waals surface area contributed by atoms with Crippen LogP contribution in [-0.2, 0) is 17.9 Å². The van der Waals surface area contributed by atoms with Crippen LogP contribution in [0.4, 0.5) is 8.78 Å². The number of ether oxygens (including phenoxy) is 1. The maximum absolute atomic E-state index is 13.6. The van der Waals surface area contributed by atoms with E-state index in [0.29, 0.717) is 18.0 Å². The van der Waals surface area contributed by atoms with E-state index in [4.69, 9.17) is 16.2 Å². The second-order valence-corrected chi connectivity index (χ2v) is 7.02. The summed E-state index contributed by atoms with van der Waals surface area (Å²) in [5, 5.41) is 0. The SMILES string of the molecule is CCC=NCC(N)=O.Cc1cc(OCc2ccc(F)cc2F)c(Br)c(=O)n1C/C=C/N. The number of allylic oxidation sites excluding steroid dienone is 1. The third kappa shape index (κ3) is 8.71. The van der Waals surface area contributed by atoms with Crippen molar-refractivity contribution in [1.29, 1.82) is 0 Å². The molecule has 1 aromatic heterocycles. The van der Waals surface area contributed by atoms with E-state index < -0.39 is 11.6 Å². The molecule has 31 heavy (non-hydrogen) atoms. The van der Waals surface area contributed by atoms with E-state index in [1.165, 1.54) is 16.8 Å². The molecule has 0 saturated carbocycles. The van der Waals surface area contributed by atoms with Gasteiger partial charge in [-0.1, -0.05) is 6.92 Å². The molecule has 1 amide bonds. The van der Waals surface area contributed by atoms with Gasteiger partial charge in [0.1, 0.15) is 35.0 Å². The number of pyridine rings is 1. The van der Waals surface area contributed by atoms with Gasteiger partial charge in [0.05, 0.1) is 0 Å². The number of aliphatic imine (C=N–C) groups is 1. The predicted molar refractivity (Wildman–Crippen MR) is 120 cm³/mol. The number of nitrogens with zero attached hydrogens (tertiary/aromatic N) is 2. The zero-order valence-corrected chi connectivity index (χ0v) is 18.9. The van der Waals surface area contributed by atoms with Gasteiger partial charge in [0, 0.05) is 29.9 Å². The Morgan fingerprint density at radius 3 is 2.61 bits per heavy atom. The fourth-order valence-corrected chi connectivity index (χ4v) is 2.73. The molecule has 2 rings (SSSR count). The number of nitrogens with two attached hydrogens (primary N) is 2. The van der Waals surface area contributed by atoms with Crippen LogP contribution in [0.3, 0.4) is 0 Å². The van der Waals surface area contributed by atoms with Crippen LogP contribution in [0.25, 0.3) is 0 Å². The number of amides is 1. The van der Waals surface area contributed by atoms with Crippen LogP contribution < -0.4 is 21.8 Å². The standard InChI is InChI=1S/C16H15BrF2N2O2.C5H10N2O/c1-10-7-14(15(17)16(22)21(10)6-2-5-20)23-9-11-3-4-12(18)8-13(11)19;1-2-3-7-4-5(6)8/h2-5,7-8H,6,9,20H2,1H3;3H,2,4H2,1H3,(H2,6,8)/b5-2+;. The van der Waals surface area contributed by atoms with Gasteiger partial charge >= 0.3 is 0 Å². The fraction of sp³-hybridized carbons (Fsp3) is 0.286. The van der Waals surface area contributed by atoms with E-state index in [9.17, 15) is 18.4 Å². The number of hydrogen-bond donors (Lipinski definition) is 2. The van der Waals surface area contributed by atoms with Crippen LogP contribution in [0.2, 0.25) is 0 Å². The molecule has 168 valence electrons. The lowest BCUT2D eigenvalue weighted by molar-refractivity contribution is -0.116. The minimum atomic E-state index is -0.695. The van der Waals surface area contributed by atoms with Crippen molar-refractivity contribution in [2.24, 2.45) is 16.5 Å². The van der Waals surface area contributed by atoms with Gasteiger partial charge in [0.25, 0.3) is 5.56 Å². The first kappa shape index (κ1) is 26.0. The number of aryl methyl sites for hydroxylation is 1. The zero-order valence-electron chi connectivity index (χ0n) is 17.3. The summed E-state index contributed by atoms with van der Waals surface area (Å²) in [6.45, 7) is 4.05. The Labute approximate surface area is 187 Å². The minimum absolute atomic E-state index is 0.115. The maximum Gasteiger partial charge on any atom is 0.269 e. The first-order valence-electron chi connectivity index (χ1n) is 9.31. The average molecular weight is 499 g/mol. The first-order chi connectivity index (χ1) is 14.7. The van der Waals surface area contributed by atoms with Crippen molar-refractivity contribution < 1.29 is 18.3 Å². The smallest absolute Gasteiger partial charge is 0.269 e. The summed E-state index contributed by atoms with van der Waals surface area (Å²) in [6.07, 6.45) is 5.54. The number of carbonyl (C=O) groups excluding carboxylic acids is 1. The second kappa shape index (κ2) is 13.3. The highest BCUT2D eigenvalue weighted by atomic mass is 79.9.